The summed E-state index contributed by atoms with van der Waals surface area (Å²) in [6.07, 6.45) is 5.57. The normalized spacial score (nSPS) is 36.4. The number of hydrogen-bond acceptors (Lipinski definition) is 3. The first-order chi connectivity index (χ1) is 18.2. The van der Waals surface area contributed by atoms with Crippen molar-refractivity contribution >= 4 is 17.6 Å². The summed E-state index contributed by atoms with van der Waals surface area (Å²) in [6.45, 7) is 4.48. The first-order valence-electron chi connectivity index (χ1n) is 14.4. The standard InChI is InChI=1S/C33H40N2O3/c1-32-19-18-28(37)35(3)27(32)17-14-23-24-15-16-25(33(24,2)20-26(36)29(23)32)31(38)34-30(21-10-6-4-7-11-21)22-12-8-5-9-13-22/h4-13,23-25,27,29-30H,14-20H2,1-3H3,(H,34,38)/t23-,24-,25+,27+,29+,32-,33-/m0/s1. The molecule has 3 saturated carbocycles. The fourth-order valence-electron chi connectivity index (χ4n) is 9.30. The van der Waals surface area contributed by atoms with Gasteiger partial charge in [0.15, 0.2) is 0 Å². The van der Waals surface area contributed by atoms with E-state index < -0.39 is 0 Å². The van der Waals surface area contributed by atoms with E-state index in [2.05, 4.69) is 43.4 Å². The molecule has 0 spiro atoms. The summed E-state index contributed by atoms with van der Waals surface area (Å²) in [6, 6.07) is 20.2. The monoisotopic (exact) mass is 512 g/mol. The maximum absolute atomic E-state index is 14.0. The quantitative estimate of drug-likeness (QED) is 0.584. The number of ketones is 1. The molecule has 0 radical (unpaired) electrons. The highest BCUT2D eigenvalue weighted by molar-refractivity contribution is 5.88. The van der Waals surface area contributed by atoms with Gasteiger partial charge in [0.1, 0.15) is 5.78 Å². The molecule has 5 nitrogen and oxygen atoms in total. The van der Waals surface area contributed by atoms with Gasteiger partial charge in [-0.3, -0.25) is 14.4 Å². The second-order valence-electron chi connectivity index (χ2n) is 12.9. The Morgan fingerprint density at radius 2 is 1.53 bits per heavy atom. The van der Waals surface area contributed by atoms with Crippen LogP contribution in [0.5, 0.6) is 0 Å². The fraction of sp³-hybridized carbons (Fsp3) is 0.545. The number of fused-ring (bicyclic) bond motifs is 5. The number of benzene rings is 2. The highest BCUT2D eigenvalue weighted by atomic mass is 16.2. The molecular weight excluding hydrogens is 472 g/mol. The van der Waals surface area contributed by atoms with Crippen LogP contribution in [0.15, 0.2) is 60.7 Å². The maximum atomic E-state index is 14.0. The van der Waals surface area contributed by atoms with Crippen LogP contribution in [0.2, 0.25) is 0 Å². The molecular formula is C33H40N2O3. The van der Waals surface area contributed by atoms with Crippen LogP contribution in [0.4, 0.5) is 0 Å². The molecule has 6 rings (SSSR count). The zero-order valence-electron chi connectivity index (χ0n) is 22.9. The zero-order valence-corrected chi connectivity index (χ0v) is 22.9. The molecule has 0 bridgehead atoms. The minimum absolute atomic E-state index is 0.00178. The average Bonchev–Trinajstić information content (AvgIpc) is 3.27. The summed E-state index contributed by atoms with van der Waals surface area (Å²) in [4.78, 5) is 42.5. The van der Waals surface area contributed by atoms with Crippen molar-refractivity contribution < 1.29 is 14.4 Å². The smallest absolute Gasteiger partial charge is 0.224 e. The number of rotatable bonds is 4. The van der Waals surface area contributed by atoms with Crippen LogP contribution in [-0.2, 0) is 14.4 Å². The molecule has 1 heterocycles. The van der Waals surface area contributed by atoms with E-state index in [1.165, 1.54) is 0 Å². The minimum Gasteiger partial charge on any atom is -0.345 e. The highest BCUT2D eigenvalue weighted by Crippen LogP contribution is 2.65. The van der Waals surface area contributed by atoms with Crippen molar-refractivity contribution in [2.45, 2.75) is 70.9 Å². The summed E-state index contributed by atoms with van der Waals surface area (Å²) in [7, 11) is 1.92. The molecule has 1 N–H and O–H groups in total. The lowest BCUT2D eigenvalue weighted by Crippen LogP contribution is -2.64. The highest BCUT2D eigenvalue weighted by Gasteiger charge is 2.65. The van der Waals surface area contributed by atoms with Crippen molar-refractivity contribution in [1.82, 2.24) is 10.2 Å². The zero-order chi connectivity index (χ0) is 26.7. The van der Waals surface area contributed by atoms with Gasteiger partial charge in [-0.1, -0.05) is 74.5 Å². The van der Waals surface area contributed by atoms with E-state index in [-0.39, 0.29) is 46.6 Å². The van der Waals surface area contributed by atoms with E-state index in [9.17, 15) is 14.4 Å². The first kappa shape index (κ1) is 25.3. The summed E-state index contributed by atoms with van der Waals surface area (Å²) >= 11 is 0. The van der Waals surface area contributed by atoms with Gasteiger partial charge >= 0.3 is 0 Å². The van der Waals surface area contributed by atoms with E-state index in [1.807, 2.05) is 48.3 Å². The number of Topliss-reactive ketones (excluding diaryl/α,β-unsaturated/α-hetero) is 1. The number of amides is 2. The average molecular weight is 513 g/mol. The maximum Gasteiger partial charge on any atom is 0.224 e. The Bertz CT molecular complexity index is 1190. The lowest BCUT2D eigenvalue weighted by atomic mass is 9.46. The third-order valence-electron chi connectivity index (χ3n) is 11.1. The van der Waals surface area contributed by atoms with E-state index in [0.29, 0.717) is 30.5 Å². The van der Waals surface area contributed by atoms with Gasteiger partial charge in [-0.2, -0.15) is 0 Å². The van der Waals surface area contributed by atoms with Crippen LogP contribution >= 0.6 is 0 Å². The van der Waals surface area contributed by atoms with Gasteiger partial charge in [0.05, 0.1) is 6.04 Å². The minimum atomic E-state index is -0.320. The van der Waals surface area contributed by atoms with Gasteiger partial charge < -0.3 is 10.2 Å². The lowest BCUT2D eigenvalue weighted by Gasteiger charge is -2.60. The Balaban J connectivity index is 1.27. The van der Waals surface area contributed by atoms with Crippen LogP contribution in [0.25, 0.3) is 0 Å². The number of carbonyl (C=O) groups is 3. The van der Waals surface area contributed by atoms with Crippen LogP contribution in [0, 0.1) is 34.5 Å². The summed E-state index contributed by atoms with van der Waals surface area (Å²) in [5, 5.41) is 3.41. The molecule has 4 aliphatic rings. The van der Waals surface area contributed by atoms with Gasteiger partial charge in [0, 0.05) is 37.8 Å². The van der Waals surface area contributed by atoms with E-state index in [0.717, 1.165) is 43.2 Å². The number of nitrogens with zero attached hydrogens (tertiary/aromatic N) is 1. The van der Waals surface area contributed by atoms with Gasteiger partial charge in [-0.15, -0.1) is 0 Å². The first-order valence-corrected chi connectivity index (χ1v) is 14.4. The molecule has 5 heteroatoms. The summed E-state index contributed by atoms with van der Waals surface area (Å²) in [5.41, 5.74) is 1.65. The van der Waals surface area contributed by atoms with Gasteiger partial charge in [0.2, 0.25) is 11.8 Å². The Morgan fingerprint density at radius 3 is 2.16 bits per heavy atom. The molecule has 0 unspecified atom stereocenters. The number of carbonyl (C=O) groups excluding carboxylic acids is 3. The summed E-state index contributed by atoms with van der Waals surface area (Å²) in [5.74, 6) is 1.11. The molecule has 200 valence electrons. The van der Waals surface area contributed by atoms with Crippen molar-refractivity contribution in [3.05, 3.63) is 71.8 Å². The third-order valence-corrected chi connectivity index (χ3v) is 11.1. The van der Waals surface area contributed by atoms with Crippen molar-refractivity contribution in [3.8, 4) is 0 Å². The fourth-order valence-corrected chi connectivity index (χ4v) is 9.30. The van der Waals surface area contributed by atoms with Crippen molar-refractivity contribution in [1.29, 1.82) is 0 Å². The molecule has 4 fully saturated rings. The molecule has 38 heavy (non-hydrogen) atoms. The largest absolute Gasteiger partial charge is 0.345 e. The molecule has 1 aliphatic heterocycles. The van der Waals surface area contributed by atoms with Gasteiger partial charge in [-0.25, -0.2) is 0 Å². The van der Waals surface area contributed by atoms with Gasteiger partial charge in [-0.05, 0) is 65.9 Å². The topological polar surface area (TPSA) is 66.5 Å². The second kappa shape index (κ2) is 9.36. The Hall–Kier alpha value is -2.95. The Labute approximate surface area is 226 Å². The van der Waals surface area contributed by atoms with Crippen molar-refractivity contribution in [3.63, 3.8) is 0 Å². The SMILES string of the molecule is CN1C(=O)CC[C@]2(C)[C@H]3C(=O)C[C@]4(C)[C@@H](C(=O)NC(c5ccccc5)c5ccccc5)CC[C@H]4[C@@H]3CC[C@@H]12. The molecule has 0 aromatic heterocycles. The molecule has 2 amide bonds. The molecule has 7 atom stereocenters. The van der Waals surface area contributed by atoms with E-state index >= 15 is 0 Å². The van der Waals surface area contributed by atoms with Crippen LogP contribution in [-0.4, -0.2) is 35.6 Å². The van der Waals surface area contributed by atoms with Crippen LogP contribution in [0.1, 0.15) is 76.0 Å². The number of hydrogen-bond donors (Lipinski definition) is 1. The number of nitrogens with one attached hydrogen (secondary N) is 1. The van der Waals surface area contributed by atoms with Crippen LogP contribution < -0.4 is 5.32 Å². The molecule has 1 saturated heterocycles. The van der Waals surface area contributed by atoms with Crippen molar-refractivity contribution in [2.75, 3.05) is 7.05 Å². The Morgan fingerprint density at radius 1 is 0.895 bits per heavy atom. The van der Waals surface area contributed by atoms with Crippen LogP contribution in [0.3, 0.4) is 0 Å². The predicted molar refractivity (Wildman–Crippen MR) is 147 cm³/mol. The predicted octanol–water partition coefficient (Wildman–Crippen LogP) is 5.55. The van der Waals surface area contributed by atoms with Crippen molar-refractivity contribution in [2.24, 2.45) is 34.5 Å². The summed E-state index contributed by atoms with van der Waals surface area (Å²) < 4.78 is 0. The number of piperidine rings is 1. The number of likely N-dealkylation sites (tertiary alicyclic amines) is 1. The third kappa shape index (κ3) is 3.84. The lowest BCUT2D eigenvalue weighted by molar-refractivity contribution is -0.169. The second-order valence-corrected chi connectivity index (χ2v) is 12.9. The Kier molecular flexibility index (Phi) is 6.24. The van der Waals surface area contributed by atoms with E-state index in [1.54, 1.807) is 0 Å². The molecule has 3 aliphatic carbocycles. The molecule has 2 aromatic carbocycles. The molecule has 2 aromatic rings. The van der Waals surface area contributed by atoms with Gasteiger partial charge in [0.25, 0.3) is 0 Å². The van der Waals surface area contributed by atoms with E-state index in [4.69, 9.17) is 0 Å².